The molecule has 2 aromatic carbocycles. The summed E-state index contributed by atoms with van der Waals surface area (Å²) in [6.07, 6.45) is 0.0677. The predicted octanol–water partition coefficient (Wildman–Crippen LogP) is 3.10. The minimum absolute atomic E-state index is 0.0677. The summed E-state index contributed by atoms with van der Waals surface area (Å²) in [5.74, 6) is 0.758. The number of rotatable bonds is 6. The number of anilines is 1. The van der Waals surface area contributed by atoms with E-state index in [9.17, 15) is 14.9 Å². The van der Waals surface area contributed by atoms with Crippen molar-refractivity contribution < 1.29 is 19.2 Å². The molecule has 0 bridgehead atoms. The van der Waals surface area contributed by atoms with E-state index < -0.39 is 4.92 Å². The summed E-state index contributed by atoms with van der Waals surface area (Å²) in [7, 11) is 3.06. The van der Waals surface area contributed by atoms with Gasteiger partial charge in [0.2, 0.25) is 5.91 Å². The standard InChI is InChI=1S/C17H18N2O5/c1-11-8-15(23-2)16(24-3)9-12(11)10-17(20)18-13-6-4-5-7-14(13)19(21)22/h4-9H,10H2,1-3H3,(H,18,20). The number of hydrogen-bond donors (Lipinski definition) is 1. The van der Waals surface area contributed by atoms with E-state index in [1.54, 1.807) is 24.3 Å². The van der Waals surface area contributed by atoms with Gasteiger partial charge in [-0.2, -0.15) is 0 Å². The monoisotopic (exact) mass is 330 g/mol. The highest BCUT2D eigenvalue weighted by Gasteiger charge is 2.16. The summed E-state index contributed by atoms with van der Waals surface area (Å²) in [6.45, 7) is 1.86. The first-order valence-corrected chi connectivity index (χ1v) is 7.21. The molecule has 0 fully saturated rings. The molecule has 0 unspecified atom stereocenters. The fourth-order valence-corrected chi connectivity index (χ4v) is 2.32. The molecule has 0 aromatic heterocycles. The van der Waals surface area contributed by atoms with Crippen molar-refractivity contribution in [3.05, 3.63) is 57.6 Å². The average molecular weight is 330 g/mol. The molecule has 0 radical (unpaired) electrons. The minimum atomic E-state index is -0.530. The largest absolute Gasteiger partial charge is 0.493 e. The van der Waals surface area contributed by atoms with Gasteiger partial charge in [0.1, 0.15) is 5.69 Å². The van der Waals surface area contributed by atoms with Crippen LogP contribution in [-0.4, -0.2) is 25.1 Å². The number of benzene rings is 2. The van der Waals surface area contributed by atoms with Gasteiger partial charge in [-0.15, -0.1) is 0 Å². The molecule has 126 valence electrons. The number of hydrogen-bond acceptors (Lipinski definition) is 5. The van der Waals surface area contributed by atoms with Gasteiger partial charge < -0.3 is 14.8 Å². The number of carbonyl (C=O) groups is 1. The Morgan fingerprint density at radius 1 is 1.17 bits per heavy atom. The lowest BCUT2D eigenvalue weighted by Crippen LogP contribution is -2.16. The van der Waals surface area contributed by atoms with Crippen LogP contribution >= 0.6 is 0 Å². The van der Waals surface area contributed by atoms with Crippen molar-refractivity contribution in [1.29, 1.82) is 0 Å². The van der Waals surface area contributed by atoms with Crippen LogP contribution in [0.5, 0.6) is 11.5 Å². The van der Waals surface area contributed by atoms with Gasteiger partial charge in [0.05, 0.1) is 25.6 Å². The maximum atomic E-state index is 12.3. The molecular formula is C17H18N2O5. The van der Waals surface area contributed by atoms with Gasteiger partial charge in [0.15, 0.2) is 11.5 Å². The lowest BCUT2D eigenvalue weighted by Gasteiger charge is -2.13. The Morgan fingerprint density at radius 2 is 1.79 bits per heavy atom. The number of carbonyl (C=O) groups excluding carboxylic acids is 1. The van der Waals surface area contributed by atoms with E-state index in [2.05, 4.69) is 5.32 Å². The molecule has 7 heteroatoms. The molecule has 0 saturated heterocycles. The van der Waals surface area contributed by atoms with E-state index in [0.717, 1.165) is 11.1 Å². The van der Waals surface area contributed by atoms with Crippen LogP contribution in [0.15, 0.2) is 36.4 Å². The average Bonchev–Trinajstić information content (AvgIpc) is 2.56. The molecule has 24 heavy (non-hydrogen) atoms. The third kappa shape index (κ3) is 3.81. The summed E-state index contributed by atoms with van der Waals surface area (Å²) in [4.78, 5) is 22.7. The molecule has 1 N–H and O–H groups in total. The Bertz CT molecular complexity index is 774. The topological polar surface area (TPSA) is 90.7 Å². The number of ether oxygens (including phenoxy) is 2. The van der Waals surface area contributed by atoms with E-state index in [1.165, 1.54) is 26.4 Å². The highest BCUT2D eigenvalue weighted by molar-refractivity contribution is 5.94. The van der Waals surface area contributed by atoms with E-state index in [1.807, 2.05) is 6.92 Å². The van der Waals surface area contributed by atoms with Gasteiger partial charge in [-0.1, -0.05) is 12.1 Å². The van der Waals surface area contributed by atoms with Crippen molar-refractivity contribution in [2.45, 2.75) is 13.3 Å². The SMILES string of the molecule is COc1cc(C)c(CC(=O)Nc2ccccc2[N+](=O)[O-])cc1OC. The molecule has 2 rings (SSSR count). The molecular weight excluding hydrogens is 312 g/mol. The fourth-order valence-electron chi connectivity index (χ4n) is 2.32. The van der Waals surface area contributed by atoms with Crippen molar-refractivity contribution in [2.75, 3.05) is 19.5 Å². The minimum Gasteiger partial charge on any atom is -0.493 e. The second-order valence-electron chi connectivity index (χ2n) is 5.13. The summed E-state index contributed by atoms with van der Waals surface area (Å²) in [6, 6.07) is 9.53. The van der Waals surface area contributed by atoms with Crippen molar-refractivity contribution in [3.8, 4) is 11.5 Å². The Morgan fingerprint density at radius 3 is 2.42 bits per heavy atom. The van der Waals surface area contributed by atoms with Gasteiger partial charge in [0, 0.05) is 6.07 Å². The van der Waals surface area contributed by atoms with Gasteiger partial charge in [-0.05, 0) is 36.2 Å². The van der Waals surface area contributed by atoms with Crippen LogP contribution in [0.2, 0.25) is 0 Å². The Hall–Kier alpha value is -3.09. The van der Waals surface area contributed by atoms with Crippen LogP contribution in [0.25, 0.3) is 0 Å². The predicted molar refractivity (Wildman–Crippen MR) is 89.7 cm³/mol. The van der Waals surface area contributed by atoms with E-state index in [4.69, 9.17) is 9.47 Å². The zero-order valence-electron chi connectivity index (χ0n) is 13.7. The fraction of sp³-hybridized carbons (Fsp3) is 0.235. The third-order valence-corrected chi connectivity index (χ3v) is 3.57. The first-order chi connectivity index (χ1) is 11.5. The molecule has 0 aliphatic rings. The summed E-state index contributed by atoms with van der Waals surface area (Å²) < 4.78 is 10.5. The summed E-state index contributed by atoms with van der Waals surface area (Å²) in [5.41, 5.74) is 1.65. The zero-order chi connectivity index (χ0) is 17.7. The molecule has 0 saturated carbocycles. The second kappa shape index (κ2) is 7.45. The van der Waals surface area contributed by atoms with Gasteiger partial charge >= 0.3 is 0 Å². The molecule has 2 aromatic rings. The van der Waals surface area contributed by atoms with Crippen LogP contribution in [0.1, 0.15) is 11.1 Å². The number of methoxy groups -OCH3 is 2. The van der Waals surface area contributed by atoms with Crippen molar-refractivity contribution >= 4 is 17.3 Å². The van der Waals surface area contributed by atoms with Crippen LogP contribution in [-0.2, 0) is 11.2 Å². The quantitative estimate of drug-likeness (QED) is 0.649. The molecule has 0 aliphatic heterocycles. The molecule has 0 aliphatic carbocycles. The Kier molecular flexibility index (Phi) is 5.36. The molecule has 0 heterocycles. The number of para-hydroxylation sites is 2. The molecule has 7 nitrogen and oxygen atoms in total. The lowest BCUT2D eigenvalue weighted by atomic mass is 10.0. The van der Waals surface area contributed by atoms with Crippen molar-refractivity contribution in [2.24, 2.45) is 0 Å². The van der Waals surface area contributed by atoms with E-state index in [-0.39, 0.29) is 23.7 Å². The van der Waals surface area contributed by atoms with Gasteiger partial charge in [0.25, 0.3) is 5.69 Å². The second-order valence-corrected chi connectivity index (χ2v) is 5.13. The normalized spacial score (nSPS) is 10.1. The van der Waals surface area contributed by atoms with Crippen LogP contribution in [0.3, 0.4) is 0 Å². The number of aryl methyl sites for hydroxylation is 1. The maximum absolute atomic E-state index is 12.3. The van der Waals surface area contributed by atoms with E-state index in [0.29, 0.717) is 11.5 Å². The smallest absolute Gasteiger partial charge is 0.292 e. The highest BCUT2D eigenvalue weighted by atomic mass is 16.6. The number of nitrogens with zero attached hydrogens (tertiary/aromatic N) is 1. The van der Waals surface area contributed by atoms with Gasteiger partial charge in [-0.3, -0.25) is 14.9 Å². The molecule has 0 atom stereocenters. The summed E-state index contributed by atoms with van der Waals surface area (Å²) in [5, 5.41) is 13.6. The van der Waals surface area contributed by atoms with Crippen LogP contribution in [0, 0.1) is 17.0 Å². The maximum Gasteiger partial charge on any atom is 0.292 e. The number of nitro benzene ring substituents is 1. The van der Waals surface area contributed by atoms with Crippen molar-refractivity contribution in [1.82, 2.24) is 0 Å². The Balaban J connectivity index is 2.20. The summed E-state index contributed by atoms with van der Waals surface area (Å²) >= 11 is 0. The van der Waals surface area contributed by atoms with Gasteiger partial charge in [-0.25, -0.2) is 0 Å². The number of nitro groups is 1. The van der Waals surface area contributed by atoms with Crippen LogP contribution < -0.4 is 14.8 Å². The first-order valence-electron chi connectivity index (χ1n) is 7.21. The van der Waals surface area contributed by atoms with Crippen molar-refractivity contribution in [3.63, 3.8) is 0 Å². The van der Waals surface area contributed by atoms with Crippen LogP contribution in [0.4, 0.5) is 11.4 Å². The Labute approximate surface area is 139 Å². The third-order valence-electron chi connectivity index (χ3n) is 3.57. The lowest BCUT2D eigenvalue weighted by molar-refractivity contribution is -0.383. The highest BCUT2D eigenvalue weighted by Crippen LogP contribution is 2.31. The van der Waals surface area contributed by atoms with E-state index >= 15 is 0 Å². The zero-order valence-corrected chi connectivity index (χ0v) is 13.7. The molecule has 1 amide bonds. The first kappa shape index (κ1) is 17.3. The number of nitrogens with one attached hydrogen (secondary N) is 1. The molecule has 0 spiro atoms. The number of amides is 1.